The Morgan fingerprint density at radius 1 is 1.41 bits per heavy atom. The molecule has 0 spiro atoms. The molecule has 0 saturated carbocycles. The van der Waals surface area contributed by atoms with Gasteiger partial charge in [0, 0.05) is 32.0 Å². The summed E-state index contributed by atoms with van der Waals surface area (Å²) in [7, 11) is 0. The molecule has 1 heterocycles. The zero-order chi connectivity index (χ0) is 19.1. The van der Waals surface area contributed by atoms with Gasteiger partial charge < -0.3 is 14.8 Å². The molecule has 27 heavy (non-hydrogen) atoms. The van der Waals surface area contributed by atoms with Crippen molar-refractivity contribution in [3.8, 4) is 0 Å². The van der Waals surface area contributed by atoms with Crippen LogP contribution in [0, 0.1) is 12.8 Å². The normalized spacial score (nSPS) is 16.3. The van der Waals surface area contributed by atoms with E-state index in [0.29, 0.717) is 10.9 Å². The standard InChI is InChI=1S/C21H27ClN4S/c1-17-8-9-19(22)20(14-17)24-21(27)26(15-18-6-3-2-4-7-18)12-5-11-25-13-10-23-16-25/h2-3,8-10,13-14,16,18H,4-7,11-12,15H2,1H3,(H,24,27). The smallest absolute Gasteiger partial charge is 0.173 e. The Balaban J connectivity index is 1.63. The van der Waals surface area contributed by atoms with Crippen molar-refractivity contribution >= 4 is 34.6 Å². The molecule has 0 radical (unpaired) electrons. The van der Waals surface area contributed by atoms with Gasteiger partial charge in [-0.05, 0) is 68.4 Å². The summed E-state index contributed by atoms with van der Waals surface area (Å²) in [5.41, 5.74) is 2.04. The SMILES string of the molecule is Cc1ccc(Cl)c(NC(=S)N(CCCn2ccnc2)CC2CC=CCC2)c1. The van der Waals surface area contributed by atoms with Gasteiger partial charge in [-0.25, -0.2) is 4.98 Å². The van der Waals surface area contributed by atoms with E-state index in [-0.39, 0.29) is 0 Å². The lowest BCUT2D eigenvalue weighted by Gasteiger charge is -2.31. The van der Waals surface area contributed by atoms with Gasteiger partial charge >= 0.3 is 0 Å². The van der Waals surface area contributed by atoms with Gasteiger partial charge in [0.2, 0.25) is 0 Å². The quantitative estimate of drug-likeness (QED) is 0.503. The van der Waals surface area contributed by atoms with Crippen LogP contribution in [0.1, 0.15) is 31.2 Å². The number of anilines is 1. The van der Waals surface area contributed by atoms with Crippen LogP contribution in [0.25, 0.3) is 0 Å². The van der Waals surface area contributed by atoms with E-state index in [9.17, 15) is 0 Å². The highest BCUT2D eigenvalue weighted by Gasteiger charge is 2.18. The fourth-order valence-corrected chi connectivity index (χ4v) is 3.84. The highest BCUT2D eigenvalue weighted by Crippen LogP contribution is 2.24. The summed E-state index contributed by atoms with van der Waals surface area (Å²) < 4.78 is 2.11. The van der Waals surface area contributed by atoms with Crippen LogP contribution in [0.4, 0.5) is 5.69 Å². The average Bonchev–Trinajstić information content (AvgIpc) is 3.18. The summed E-state index contributed by atoms with van der Waals surface area (Å²) in [6.07, 6.45) is 14.8. The minimum Gasteiger partial charge on any atom is -0.349 e. The van der Waals surface area contributed by atoms with Crippen LogP contribution < -0.4 is 5.32 Å². The van der Waals surface area contributed by atoms with E-state index >= 15 is 0 Å². The molecule has 0 aliphatic heterocycles. The van der Waals surface area contributed by atoms with Crippen LogP contribution in [0.3, 0.4) is 0 Å². The molecule has 2 aromatic rings. The maximum atomic E-state index is 6.35. The molecule has 1 aliphatic carbocycles. The van der Waals surface area contributed by atoms with Crippen LogP contribution in [0.2, 0.25) is 5.02 Å². The molecule has 1 aromatic heterocycles. The Bertz CT molecular complexity index is 772. The summed E-state index contributed by atoms with van der Waals surface area (Å²) in [5, 5.41) is 4.82. The minimum atomic E-state index is 0.649. The van der Waals surface area contributed by atoms with E-state index in [1.807, 2.05) is 36.9 Å². The first-order chi connectivity index (χ1) is 13.1. The summed E-state index contributed by atoms with van der Waals surface area (Å²) in [6, 6.07) is 5.96. The first-order valence-corrected chi connectivity index (χ1v) is 10.3. The Labute approximate surface area is 172 Å². The second kappa shape index (κ2) is 9.90. The number of nitrogens with zero attached hydrogens (tertiary/aromatic N) is 3. The summed E-state index contributed by atoms with van der Waals surface area (Å²) in [5.74, 6) is 0.649. The molecular formula is C21H27ClN4S. The number of thiocarbonyl (C=S) groups is 1. The molecule has 144 valence electrons. The van der Waals surface area contributed by atoms with E-state index in [1.54, 1.807) is 0 Å². The van der Waals surface area contributed by atoms with E-state index < -0.39 is 0 Å². The van der Waals surface area contributed by atoms with E-state index in [0.717, 1.165) is 55.3 Å². The van der Waals surface area contributed by atoms with Crippen molar-refractivity contribution in [2.45, 2.75) is 39.2 Å². The topological polar surface area (TPSA) is 33.1 Å². The molecule has 1 unspecified atom stereocenters. The molecule has 0 bridgehead atoms. The Morgan fingerprint density at radius 2 is 2.30 bits per heavy atom. The number of rotatable bonds is 7. The highest BCUT2D eigenvalue weighted by atomic mass is 35.5. The maximum absolute atomic E-state index is 6.35. The van der Waals surface area contributed by atoms with Crippen molar-refractivity contribution in [1.82, 2.24) is 14.5 Å². The van der Waals surface area contributed by atoms with E-state index in [4.69, 9.17) is 23.8 Å². The number of hydrogen-bond acceptors (Lipinski definition) is 2. The third kappa shape index (κ3) is 6.08. The highest BCUT2D eigenvalue weighted by molar-refractivity contribution is 7.80. The lowest BCUT2D eigenvalue weighted by Crippen LogP contribution is -2.39. The maximum Gasteiger partial charge on any atom is 0.173 e. The molecule has 0 saturated heterocycles. The number of hydrogen-bond donors (Lipinski definition) is 1. The molecular weight excluding hydrogens is 376 g/mol. The molecule has 1 aromatic carbocycles. The van der Waals surface area contributed by atoms with Crippen LogP contribution in [-0.2, 0) is 6.54 Å². The predicted molar refractivity (Wildman–Crippen MR) is 117 cm³/mol. The third-order valence-electron chi connectivity index (χ3n) is 4.91. The largest absolute Gasteiger partial charge is 0.349 e. The number of halogens is 1. The predicted octanol–water partition coefficient (Wildman–Crippen LogP) is 5.29. The number of aryl methyl sites for hydroxylation is 2. The molecule has 4 nitrogen and oxygen atoms in total. The summed E-state index contributed by atoms with van der Waals surface area (Å²) >= 11 is 12.1. The van der Waals surface area contributed by atoms with E-state index in [2.05, 4.69) is 38.8 Å². The van der Waals surface area contributed by atoms with Crippen molar-refractivity contribution in [3.05, 3.63) is 59.7 Å². The number of imidazole rings is 1. The molecule has 6 heteroatoms. The second-order valence-electron chi connectivity index (χ2n) is 7.16. The molecule has 0 amide bonds. The van der Waals surface area contributed by atoms with Crippen LogP contribution >= 0.6 is 23.8 Å². The monoisotopic (exact) mass is 402 g/mol. The van der Waals surface area contributed by atoms with E-state index in [1.165, 1.54) is 6.42 Å². The Kier molecular flexibility index (Phi) is 7.30. The fraction of sp³-hybridized carbons (Fsp3) is 0.429. The molecule has 0 fully saturated rings. The molecule has 1 aliphatic rings. The molecule has 1 N–H and O–H groups in total. The van der Waals surface area contributed by atoms with Gasteiger partial charge in [0.15, 0.2) is 5.11 Å². The second-order valence-corrected chi connectivity index (χ2v) is 7.96. The van der Waals surface area contributed by atoms with Gasteiger partial charge in [0.05, 0.1) is 17.0 Å². The lowest BCUT2D eigenvalue weighted by molar-refractivity contribution is 0.316. The number of allylic oxidation sites excluding steroid dienone is 2. The van der Waals surface area contributed by atoms with Gasteiger partial charge in [-0.15, -0.1) is 0 Å². The summed E-state index contributed by atoms with van der Waals surface area (Å²) in [4.78, 5) is 6.41. The van der Waals surface area contributed by atoms with Gasteiger partial charge in [0.25, 0.3) is 0 Å². The number of aromatic nitrogens is 2. The zero-order valence-corrected chi connectivity index (χ0v) is 17.3. The van der Waals surface area contributed by atoms with Crippen molar-refractivity contribution in [2.75, 3.05) is 18.4 Å². The molecule has 3 rings (SSSR count). The van der Waals surface area contributed by atoms with Crippen molar-refractivity contribution in [1.29, 1.82) is 0 Å². The first kappa shape index (κ1) is 19.9. The number of nitrogens with one attached hydrogen (secondary N) is 1. The zero-order valence-electron chi connectivity index (χ0n) is 15.8. The van der Waals surface area contributed by atoms with Crippen LogP contribution in [0.5, 0.6) is 0 Å². The summed E-state index contributed by atoms with van der Waals surface area (Å²) in [6.45, 7) is 4.88. The van der Waals surface area contributed by atoms with Crippen molar-refractivity contribution in [3.63, 3.8) is 0 Å². The Hall–Kier alpha value is -1.85. The number of benzene rings is 1. The molecule has 1 atom stereocenters. The third-order valence-corrected chi connectivity index (χ3v) is 5.60. The van der Waals surface area contributed by atoms with Gasteiger partial charge in [-0.3, -0.25) is 0 Å². The van der Waals surface area contributed by atoms with Crippen molar-refractivity contribution in [2.24, 2.45) is 5.92 Å². The van der Waals surface area contributed by atoms with Crippen molar-refractivity contribution < 1.29 is 0 Å². The average molecular weight is 403 g/mol. The van der Waals surface area contributed by atoms with Gasteiger partial charge in [0.1, 0.15) is 0 Å². The fourth-order valence-electron chi connectivity index (χ4n) is 3.40. The van der Waals surface area contributed by atoms with Crippen LogP contribution in [-0.4, -0.2) is 32.7 Å². The first-order valence-electron chi connectivity index (χ1n) is 9.54. The minimum absolute atomic E-state index is 0.649. The van der Waals surface area contributed by atoms with Gasteiger partial charge in [-0.1, -0.05) is 29.8 Å². The lowest BCUT2D eigenvalue weighted by atomic mass is 9.94. The van der Waals surface area contributed by atoms with Gasteiger partial charge in [-0.2, -0.15) is 0 Å². The van der Waals surface area contributed by atoms with Crippen LogP contribution in [0.15, 0.2) is 49.1 Å². The Morgan fingerprint density at radius 3 is 3.04 bits per heavy atom.